The molecule has 0 saturated carbocycles. The maximum atomic E-state index is 12.9. The lowest BCUT2D eigenvalue weighted by atomic mass is 9.91. The molecule has 0 aliphatic carbocycles. The van der Waals surface area contributed by atoms with Crippen LogP contribution in [0.25, 0.3) is 0 Å². The van der Waals surface area contributed by atoms with Crippen molar-refractivity contribution in [1.82, 2.24) is 15.1 Å². The van der Waals surface area contributed by atoms with Crippen molar-refractivity contribution in [1.29, 1.82) is 0 Å². The zero-order valence-electron chi connectivity index (χ0n) is 14.3. The number of anilines is 1. The number of aromatic nitrogens is 2. The Kier molecular flexibility index (Phi) is 4.78. The van der Waals surface area contributed by atoms with Crippen molar-refractivity contribution < 1.29 is 14.3 Å². The van der Waals surface area contributed by atoms with E-state index in [2.05, 4.69) is 20.5 Å². The molecule has 0 bridgehead atoms. The number of nitrogens with zero attached hydrogens (tertiary/aromatic N) is 4. The minimum Gasteiger partial charge on any atom is -0.374 e. The number of carbonyl (C=O) groups excluding carboxylic acids is 2. The number of rotatable bonds is 5. The van der Waals surface area contributed by atoms with Crippen LogP contribution < -0.4 is 5.32 Å². The van der Waals surface area contributed by atoms with E-state index >= 15 is 0 Å². The first-order valence-corrected chi connectivity index (χ1v) is 8.73. The van der Waals surface area contributed by atoms with Gasteiger partial charge in [-0.25, -0.2) is 0 Å². The largest absolute Gasteiger partial charge is 0.374 e. The predicted octanol–water partition coefficient (Wildman–Crippen LogP) is 1.88. The van der Waals surface area contributed by atoms with Gasteiger partial charge in [0.1, 0.15) is 23.0 Å². The van der Waals surface area contributed by atoms with Gasteiger partial charge in [0.2, 0.25) is 5.13 Å². The molecule has 0 fully saturated rings. The molecule has 8 nitrogen and oxygen atoms in total. The number of aliphatic imine (C=N–C) groups is 1. The monoisotopic (exact) mass is 361 g/mol. The summed E-state index contributed by atoms with van der Waals surface area (Å²) < 4.78 is 5.28. The summed E-state index contributed by atoms with van der Waals surface area (Å²) in [6, 6.07) is 0. The Labute approximate surface area is 149 Å². The van der Waals surface area contributed by atoms with Crippen molar-refractivity contribution in [3.63, 3.8) is 0 Å². The molecule has 1 atom stereocenters. The third-order valence-electron chi connectivity index (χ3n) is 3.96. The summed E-state index contributed by atoms with van der Waals surface area (Å²) in [7, 11) is 0. The smallest absolute Gasteiger partial charge is 0.252 e. The van der Waals surface area contributed by atoms with E-state index < -0.39 is 5.54 Å². The minimum atomic E-state index is -1.08. The highest BCUT2D eigenvalue weighted by Crippen LogP contribution is 2.30. The summed E-state index contributed by atoms with van der Waals surface area (Å²) in [5, 5.41) is 11.8. The maximum absolute atomic E-state index is 12.9. The number of nitrogens with one attached hydrogen (secondary N) is 1. The molecule has 0 unspecified atom stereocenters. The lowest BCUT2D eigenvalue weighted by Crippen LogP contribution is -2.58. The van der Waals surface area contributed by atoms with Crippen LogP contribution >= 0.6 is 11.3 Å². The number of carbonyl (C=O) groups is 2. The molecular weight excluding hydrogens is 342 g/mol. The normalized spacial score (nSPS) is 22.4. The molecule has 2 aliphatic rings. The van der Waals surface area contributed by atoms with Crippen molar-refractivity contribution in [2.45, 2.75) is 39.3 Å². The highest BCUT2D eigenvalue weighted by molar-refractivity contribution is 7.15. The molecule has 0 saturated heterocycles. The van der Waals surface area contributed by atoms with Gasteiger partial charge in [0, 0.05) is 12.8 Å². The topological polar surface area (TPSA) is 96.8 Å². The van der Waals surface area contributed by atoms with Crippen LogP contribution in [0.3, 0.4) is 0 Å². The van der Waals surface area contributed by atoms with Gasteiger partial charge >= 0.3 is 0 Å². The van der Waals surface area contributed by atoms with Gasteiger partial charge in [-0.3, -0.25) is 14.9 Å². The van der Waals surface area contributed by atoms with Crippen LogP contribution in [0, 0.1) is 0 Å². The van der Waals surface area contributed by atoms with Gasteiger partial charge in [-0.05, 0) is 38.5 Å². The first-order chi connectivity index (χ1) is 11.9. The molecule has 0 radical (unpaired) electrons. The SMILES string of the molecule is CCOCc1nnc(NC(=O)[C@@]2(C)CC(=O)N=C3C=C(C)C=CN32)s1. The summed E-state index contributed by atoms with van der Waals surface area (Å²) in [4.78, 5) is 30.7. The van der Waals surface area contributed by atoms with E-state index in [4.69, 9.17) is 4.74 Å². The first-order valence-electron chi connectivity index (χ1n) is 7.91. The molecule has 2 aliphatic heterocycles. The maximum Gasteiger partial charge on any atom is 0.252 e. The van der Waals surface area contributed by atoms with Crippen molar-refractivity contribution in [3.05, 3.63) is 28.9 Å². The Hall–Kier alpha value is -2.39. The fourth-order valence-corrected chi connectivity index (χ4v) is 3.29. The van der Waals surface area contributed by atoms with Crippen molar-refractivity contribution >= 4 is 34.1 Å². The number of fused-ring (bicyclic) bond motifs is 1. The number of allylic oxidation sites excluding steroid dienone is 2. The number of hydrogen-bond acceptors (Lipinski definition) is 7. The van der Waals surface area contributed by atoms with Crippen LogP contribution in [-0.4, -0.2) is 44.9 Å². The average Bonchev–Trinajstić information content (AvgIpc) is 2.99. The molecule has 132 valence electrons. The number of amidine groups is 1. The second-order valence-electron chi connectivity index (χ2n) is 5.98. The molecule has 0 spiro atoms. The predicted molar refractivity (Wildman–Crippen MR) is 94.1 cm³/mol. The van der Waals surface area contributed by atoms with Gasteiger partial charge in [0.15, 0.2) is 0 Å². The van der Waals surface area contributed by atoms with Crippen LogP contribution in [-0.2, 0) is 20.9 Å². The summed E-state index contributed by atoms with van der Waals surface area (Å²) in [5.74, 6) is -0.175. The average molecular weight is 361 g/mol. The van der Waals surface area contributed by atoms with Crippen molar-refractivity contribution in [2.75, 3.05) is 11.9 Å². The minimum absolute atomic E-state index is 0.00975. The molecule has 3 heterocycles. The Morgan fingerprint density at radius 1 is 1.48 bits per heavy atom. The van der Waals surface area contributed by atoms with Gasteiger partial charge < -0.3 is 9.64 Å². The van der Waals surface area contributed by atoms with Crippen LogP contribution in [0.1, 0.15) is 32.2 Å². The third-order valence-corrected chi connectivity index (χ3v) is 4.77. The molecule has 2 amide bonds. The van der Waals surface area contributed by atoms with E-state index in [1.807, 2.05) is 19.9 Å². The zero-order valence-corrected chi connectivity index (χ0v) is 15.1. The summed E-state index contributed by atoms with van der Waals surface area (Å²) in [5.41, 5.74) is -0.106. The Morgan fingerprint density at radius 2 is 2.28 bits per heavy atom. The molecule has 25 heavy (non-hydrogen) atoms. The number of ether oxygens (including phenoxy) is 1. The lowest BCUT2D eigenvalue weighted by molar-refractivity contribution is -0.130. The van der Waals surface area contributed by atoms with Gasteiger partial charge in [-0.15, -0.1) is 10.2 Å². The van der Waals surface area contributed by atoms with Gasteiger partial charge in [-0.1, -0.05) is 11.3 Å². The van der Waals surface area contributed by atoms with E-state index in [9.17, 15) is 9.59 Å². The van der Waals surface area contributed by atoms with Crippen LogP contribution in [0.2, 0.25) is 0 Å². The van der Waals surface area contributed by atoms with E-state index in [1.54, 1.807) is 24.1 Å². The lowest BCUT2D eigenvalue weighted by Gasteiger charge is -2.41. The standard InChI is InChI=1S/C16H19N5O3S/c1-4-24-9-13-19-20-15(25-13)18-14(23)16(3)8-12(22)17-11-7-10(2)5-6-21(11)16/h5-7H,4,8-9H2,1-3H3,(H,18,20,23)/t16-/m1/s1. The highest BCUT2D eigenvalue weighted by Gasteiger charge is 2.45. The Morgan fingerprint density at radius 3 is 3.04 bits per heavy atom. The van der Waals surface area contributed by atoms with Gasteiger partial charge in [-0.2, -0.15) is 4.99 Å². The molecule has 9 heteroatoms. The van der Waals surface area contributed by atoms with Gasteiger partial charge in [0.25, 0.3) is 11.8 Å². The zero-order chi connectivity index (χ0) is 18.0. The molecule has 1 aromatic rings. The third kappa shape index (κ3) is 3.52. The molecule has 1 aromatic heterocycles. The van der Waals surface area contributed by atoms with E-state index in [0.717, 1.165) is 5.57 Å². The van der Waals surface area contributed by atoms with Crippen LogP contribution in [0.5, 0.6) is 0 Å². The molecule has 3 rings (SSSR count). The Bertz CT molecular complexity index is 797. The quantitative estimate of drug-likeness (QED) is 0.860. The van der Waals surface area contributed by atoms with E-state index in [1.165, 1.54) is 11.3 Å². The molecular formula is C16H19N5O3S. The summed E-state index contributed by atoms with van der Waals surface area (Å²) >= 11 is 1.25. The van der Waals surface area contributed by atoms with Crippen molar-refractivity contribution in [2.24, 2.45) is 4.99 Å². The second kappa shape index (κ2) is 6.85. The second-order valence-corrected chi connectivity index (χ2v) is 7.04. The fourth-order valence-electron chi connectivity index (χ4n) is 2.61. The van der Waals surface area contributed by atoms with E-state index in [-0.39, 0.29) is 18.2 Å². The van der Waals surface area contributed by atoms with Crippen molar-refractivity contribution in [3.8, 4) is 0 Å². The molecule has 0 aromatic carbocycles. The van der Waals surface area contributed by atoms with Crippen LogP contribution in [0.15, 0.2) is 28.9 Å². The summed E-state index contributed by atoms with van der Waals surface area (Å²) in [6.45, 7) is 6.46. The van der Waals surface area contributed by atoms with E-state index in [0.29, 0.717) is 29.2 Å². The Balaban J connectivity index is 1.79. The van der Waals surface area contributed by atoms with Crippen LogP contribution in [0.4, 0.5) is 5.13 Å². The highest BCUT2D eigenvalue weighted by atomic mass is 32.1. The first kappa shape index (κ1) is 17.4. The van der Waals surface area contributed by atoms with Gasteiger partial charge in [0.05, 0.1) is 6.42 Å². The fraction of sp³-hybridized carbons (Fsp3) is 0.438. The summed E-state index contributed by atoms with van der Waals surface area (Å²) in [6.07, 6.45) is 5.43. The number of hydrogen-bond donors (Lipinski definition) is 1. The molecule has 1 N–H and O–H groups in total. The number of amides is 2.